The molecule has 0 bridgehead atoms. The van der Waals surface area contributed by atoms with Crippen LogP contribution in [-0.2, 0) is 6.42 Å². The minimum Gasteiger partial charge on any atom is -0.316 e. The Morgan fingerprint density at radius 1 is 1.05 bits per heavy atom. The predicted octanol–water partition coefficient (Wildman–Crippen LogP) is 5.06. The Hall–Kier alpha value is -0.820. The number of aryl methyl sites for hydroxylation is 1. The van der Waals surface area contributed by atoms with Gasteiger partial charge in [0, 0.05) is 0 Å². The molecule has 1 saturated carbocycles. The van der Waals surface area contributed by atoms with Gasteiger partial charge in [-0.15, -0.1) is 0 Å². The van der Waals surface area contributed by atoms with Crippen molar-refractivity contribution in [3.05, 3.63) is 35.9 Å². The van der Waals surface area contributed by atoms with Crippen molar-refractivity contribution in [3.63, 3.8) is 0 Å². The van der Waals surface area contributed by atoms with Crippen LogP contribution in [0.2, 0.25) is 0 Å². The highest BCUT2D eigenvalue weighted by molar-refractivity contribution is 5.14. The molecule has 1 N–H and O–H groups in total. The van der Waals surface area contributed by atoms with Gasteiger partial charge in [0.15, 0.2) is 0 Å². The van der Waals surface area contributed by atoms with E-state index in [2.05, 4.69) is 49.5 Å². The summed E-state index contributed by atoms with van der Waals surface area (Å²) in [5, 5.41) is 3.69. The third kappa shape index (κ3) is 6.22. The van der Waals surface area contributed by atoms with E-state index >= 15 is 0 Å². The largest absolute Gasteiger partial charge is 0.316 e. The second kappa shape index (κ2) is 9.25. The van der Waals surface area contributed by atoms with Gasteiger partial charge in [-0.05, 0) is 62.1 Å². The first kappa shape index (κ1) is 16.5. The monoisotopic (exact) mass is 287 g/mol. The van der Waals surface area contributed by atoms with E-state index in [0.717, 1.165) is 17.8 Å². The van der Waals surface area contributed by atoms with Crippen LogP contribution in [0.15, 0.2) is 30.3 Å². The average molecular weight is 287 g/mol. The standard InChI is InChI=1S/C20H33N/c1-17(2)15-21-16-20-13-7-6-12-19(20)14-8-11-18-9-4-3-5-10-18/h3-5,9-10,17,19-21H,6-8,11-16H2,1-2H3. The molecule has 1 aromatic rings. The number of benzene rings is 1. The topological polar surface area (TPSA) is 12.0 Å². The van der Waals surface area contributed by atoms with Gasteiger partial charge in [0.05, 0.1) is 0 Å². The van der Waals surface area contributed by atoms with Crippen LogP contribution < -0.4 is 5.32 Å². The van der Waals surface area contributed by atoms with Gasteiger partial charge < -0.3 is 5.32 Å². The van der Waals surface area contributed by atoms with Crippen LogP contribution in [0.5, 0.6) is 0 Å². The number of hydrogen-bond acceptors (Lipinski definition) is 1. The van der Waals surface area contributed by atoms with E-state index in [0.29, 0.717) is 0 Å². The lowest BCUT2D eigenvalue weighted by Crippen LogP contribution is -2.32. The lowest BCUT2D eigenvalue weighted by molar-refractivity contribution is 0.213. The summed E-state index contributed by atoms with van der Waals surface area (Å²) in [6.07, 6.45) is 9.84. The minimum atomic E-state index is 0.769. The van der Waals surface area contributed by atoms with E-state index in [9.17, 15) is 0 Å². The van der Waals surface area contributed by atoms with E-state index in [1.54, 1.807) is 0 Å². The Labute approximate surface area is 131 Å². The van der Waals surface area contributed by atoms with E-state index < -0.39 is 0 Å². The van der Waals surface area contributed by atoms with Crippen LogP contribution in [0.4, 0.5) is 0 Å². The van der Waals surface area contributed by atoms with Gasteiger partial charge >= 0.3 is 0 Å². The van der Waals surface area contributed by atoms with Crippen molar-refractivity contribution in [1.29, 1.82) is 0 Å². The number of nitrogens with one attached hydrogen (secondary N) is 1. The van der Waals surface area contributed by atoms with Crippen molar-refractivity contribution >= 4 is 0 Å². The maximum atomic E-state index is 3.69. The van der Waals surface area contributed by atoms with E-state index in [1.165, 1.54) is 63.6 Å². The van der Waals surface area contributed by atoms with E-state index in [1.807, 2.05) is 0 Å². The molecule has 21 heavy (non-hydrogen) atoms. The Morgan fingerprint density at radius 2 is 1.76 bits per heavy atom. The molecule has 1 fully saturated rings. The minimum absolute atomic E-state index is 0.769. The van der Waals surface area contributed by atoms with Crippen molar-refractivity contribution in [2.45, 2.75) is 58.8 Å². The van der Waals surface area contributed by atoms with E-state index in [4.69, 9.17) is 0 Å². The lowest BCUT2D eigenvalue weighted by Gasteiger charge is -2.32. The van der Waals surface area contributed by atoms with Crippen molar-refractivity contribution in [1.82, 2.24) is 5.32 Å². The molecule has 2 unspecified atom stereocenters. The fourth-order valence-electron chi connectivity index (χ4n) is 3.70. The fourth-order valence-corrected chi connectivity index (χ4v) is 3.70. The first-order chi connectivity index (χ1) is 10.3. The molecule has 0 spiro atoms. The van der Waals surface area contributed by atoms with Crippen LogP contribution in [0.3, 0.4) is 0 Å². The van der Waals surface area contributed by atoms with Gasteiger partial charge in [0.25, 0.3) is 0 Å². The highest BCUT2D eigenvalue weighted by atomic mass is 14.9. The van der Waals surface area contributed by atoms with Gasteiger partial charge in [-0.25, -0.2) is 0 Å². The molecule has 0 amide bonds. The zero-order valence-electron chi connectivity index (χ0n) is 14.0. The molecule has 1 aliphatic carbocycles. The Balaban J connectivity index is 1.71. The third-order valence-electron chi connectivity index (χ3n) is 4.91. The first-order valence-corrected chi connectivity index (χ1v) is 9.00. The molecule has 1 aliphatic rings. The van der Waals surface area contributed by atoms with E-state index in [-0.39, 0.29) is 0 Å². The molecular weight excluding hydrogens is 254 g/mol. The van der Waals surface area contributed by atoms with Crippen LogP contribution >= 0.6 is 0 Å². The van der Waals surface area contributed by atoms with Gasteiger partial charge in [-0.2, -0.15) is 0 Å². The Bertz CT molecular complexity index is 371. The summed E-state index contributed by atoms with van der Waals surface area (Å²) in [5.41, 5.74) is 1.50. The summed E-state index contributed by atoms with van der Waals surface area (Å²) in [5.74, 6) is 2.65. The highest BCUT2D eigenvalue weighted by Crippen LogP contribution is 2.33. The van der Waals surface area contributed by atoms with Gasteiger partial charge in [-0.1, -0.05) is 63.4 Å². The SMILES string of the molecule is CC(C)CNCC1CCCCC1CCCc1ccccc1. The fraction of sp³-hybridized carbons (Fsp3) is 0.700. The summed E-state index contributed by atoms with van der Waals surface area (Å²) in [6, 6.07) is 11.0. The molecule has 1 nitrogen and oxygen atoms in total. The van der Waals surface area contributed by atoms with Crippen LogP contribution in [0, 0.1) is 17.8 Å². The summed E-state index contributed by atoms with van der Waals surface area (Å²) in [4.78, 5) is 0. The smallest absolute Gasteiger partial charge is 0.00178 e. The average Bonchev–Trinajstić information content (AvgIpc) is 2.49. The summed E-state index contributed by atoms with van der Waals surface area (Å²) in [6.45, 7) is 7.01. The van der Waals surface area contributed by atoms with Gasteiger partial charge in [-0.3, -0.25) is 0 Å². The number of rotatable bonds is 8. The van der Waals surface area contributed by atoms with Crippen LogP contribution in [0.1, 0.15) is 57.9 Å². The molecule has 2 rings (SSSR count). The number of hydrogen-bond donors (Lipinski definition) is 1. The zero-order chi connectivity index (χ0) is 14.9. The maximum absolute atomic E-state index is 3.69. The van der Waals surface area contributed by atoms with Crippen molar-refractivity contribution < 1.29 is 0 Å². The van der Waals surface area contributed by atoms with Crippen molar-refractivity contribution in [2.24, 2.45) is 17.8 Å². The van der Waals surface area contributed by atoms with Gasteiger partial charge in [0.2, 0.25) is 0 Å². The summed E-state index contributed by atoms with van der Waals surface area (Å²) >= 11 is 0. The highest BCUT2D eigenvalue weighted by Gasteiger charge is 2.24. The normalized spacial score (nSPS) is 22.6. The molecule has 0 radical (unpaired) electrons. The Kier molecular flexibility index (Phi) is 7.29. The second-order valence-electron chi connectivity index (χ2n) is 7.23. The van der Waals surface area contributed by atoms with Gasteiger partial charge in [0.1, 0.15) is 0 Å². The quantitative estimate of drug-likeness (QED) is 0.704. The molecular formula is C20H33N. The lowest BCUT2D eigenvalue weighted by atomic mass is 9.76. The van der Waals surface area contributed by atoms with Crippen LogP contribution in [0.25, 0.3) is 0 Å². The molecule has 1 heteroatoms. The molecule has 0 aromatic heterocycles. The first-order valence-electron chi connectivity index (χ1n) is 9.00. The predicted molar refractivity (Wildman–Crippen MR) is 92.5 cm³/mol. The third-order valence-corrected chi connectivity index (χ3v) is 4.91. The maximum Gasteiger partial charge on any atom is -0.00178 e. The summed E-state index contributed by atoms with van der Waals surface area (Å²) in [7, 11) is 0. The second-order valence-corrected chi connectivity index (χ2v) is 7.23. The van der Waals surface area contributed by atoms with Crippen LogP contribution in [-0.4, -0.2) is 13.1 Å². The van der Waals surface area contributed by atoms with Crippen molar-refractivity contribution in [2.75, 3.05) is 13.1 Å². The molecule has 1 aromatic carbocycles. The van der Waals surface area contributed by atoms with Crippen molar-refractivity contribution in [3.8, 4) is 0 Å². The molecule has 118 valence electrons. The molecule has 0 aliphatic heterocycles. The zero-order valence-corrected chi connectivity index (χ0v) is 14.0. The molecule has 2 atom stereocenters. The Morgan fingerprint density at radius 3 is 2.48 bits per heavy atom. The summed E-state index contributed by atoms with van der Waals surface area (Å²) < 4.78 is 0. The molecule has 0 saturated heterocycles. The molecule has 0 heterocycles.